The number of benzene rings is 2. The predicted molar refractivity (Wildman–Crippen MR) is 79.8 cm³/mol. The molecule has 0 fully saturated rings. The largest absolute Gasteiger partial charge is 0.251 e. The number of hydrogen-bond donors (Lipinski definition) is 0. The zero-order valence-corrected chi connectivity index (χ0v) is 10.5. The van der Waals surface area contributed by atoms with Gasteiger partial charge < -0.3 is 0 Å². The lowest BCUT2D eigenvalue weighted by Crippen LogP contribution is -2.12. The van der Waals surface area contributed by atoms with Crippen LogP contribution in [0.4, 0.5) is 5.69 Å². The van der Waals surface area contributed by atoms with Gasteiger partial charge in [-0.2, -0.15) is 0 Å². The van der Waals surface area contributed by atoms with Crippen LogP contribution in [0.15, 0.2) is 77.8 Å². The quantitative estimate of drug-likeness (QED) is 0.698. The standard InChI is InChI=1S/C18H13N/c1-2-7-13(8-3-1)14-10-6-11-16-15-9-4-5-12-17(15)19-18(14)16/h1-12,14H. The maximum absolute atomic E-state index is 4.83. The second kappa shape index (κ2) is 4.06. The van der Waals surface area contributed by atoms with Crippen LogP contribution in [0.1, 0.15) is 17.0 Å². The molecule has 0 spiro atoms. The van der Waals surface area contributed by atoms with Crippen LogP contribution < -0.4 is 0 Å². The van der Waals surface area contributed by atoms with E-state index in [4.69, 9.17) is 4.99 Å². The molecular formula is C18H13N. The second-order valence-electron chi connectivity index (χ2n) is 4.87. The Morgan fingerprint density at radius 3 is 2.53 bits per heavy atom. The van der Waals surface area contributed by atoms with Crippen LogP contribution in [-0.4, -0.2) is 5.71 Å². The van der Waals surface area contributed by atoms with Crippen molar-refractivity contribution in [3.8, 4) is 0 Å². The van der Waals surface area contributed by atoms with E-state index in [1.165, 1.54) is 22.4 Å². The van der Waals surface area contributed by atoms with Gasteiger partial charge in [0.25, 0.3) is 0 Å². The van der Waals surface area contributed by atoms with E-state index in [1.807, 2.05) is 6.07 Å². The molecule has 0 N–H and O–H groups in total. The summed E-state index contributed by atoms with van der Waals surface area (Å²) in [5.41, 5.74) is 6.09. The van der Waals surface area contributed by atoms with Crippen molar-refractivity contribution < 1.29 is 0 Å². The number of allylic oxidation sites excluding steroid dienone is 4. The molecule has 0 radical (unpaired) electrons. The number of nitrogens with zero attached hydrogens (tertiary/aromatic N) is 1. The highest BCUT2D eigenvalue weighted by Crippen LogP contribution is 2.41. The monoisotopic (exact) mass is 243 g/mol. The Labute approximate surface area is 112 Å². The van der Waals surface area contributed by atoms with Gasteiger partial charge in [-0.3, -0.25) is 4.99 Å². The van der Waals surface area contributed by atoms with Gasteiger partial charge in [-0.05, 0) is 11.6 Å². The summed E-state index contributed by atoms with van der Waals surface area (Å²) in [6.07, 6.45) is 6.54. The van der Waals surface area contributed by atoms with E-state index >= 15 is 0 Å². The summed E-state index contributed by atoms with van der Waals surface area (Å²) in [4.78, 5) is 4.83. The fraction of sp³-hybridized carbons (Fsp3) is 0.0556. The molecule has 1 aliphatic carbocycles. The lowest BCUT2D eigenvalue weighted by Gasteiger charge is -2.18. The highest BCUT2D eigenvalue weighted by molar-refractivity contribution is 6.32. The molecule has 0 saturated carbocycles. The minimum Gasteiger partial charge on any atom is -0.251 e. The van der Waals surface area contributed by atoms with Crippen molar-refractivity contribution in [3.63, 3.8) is 0 Å². The van der Waals surface area contributed by atoms with E-state index in [0.29, 0.717) is 0 Å². The zero-order valence-electron chi connectivity index (χ0n) is 10.5. The minimum absolute atomic E-state index is 0.272. The van der Waals surface area contributed by atoms with Crippen LogP contribution in [-0.2, 0) is 0 Å². The summed E-state index contributed by atoms with van der Waals surface area (Å²) in [5.74, 6) is 0.272. The van der Waals surface area contributed by atoms with Gasteiger partial charge in [-0.15, -0.1) is 0 Å². The Kier molecular flexibility index (Phi) is 2.25. The summed E-state index contributed by atoms with van der Waals surface area (Å²) in [5, 5.41) is 0. The van der Waals surface area contributed by atoms with Crippen molar-refractivity contribution in [2.75, 3.05) is 0 Å². The molecule has 1 nitrogen and oxygen atoms in total. The average molecular weight is 243 g/mol. The first kappa shape index (κ1) is 10.5. The molecule has 1 unspecified atom stereocenters. The topological polar surface area (TPSA) is 12.4 Å². The second-order valence-corrected chi connectivity index (χ2v) is 4.87. The lowest BCUT2D eigenvalue weighted by molar-refractivity contribution is 1.14. The van der Waals surface area contributed by atoms with Gasteiger partial charge >= 0.3 is 0 Å². The number of rotatable bonds is 1. The molecule has 0 saturated heterocycles. The molecule has 2 aromatic rings. The van der Waals surface area contributed by atoms with E-state index in [0.717, 1.165) is 5.69 Å². The molecule has 1 heterocycles. The van der Waals surface area contributed by atoms with E-state index < -0.39 is 0 Å². The Balaban J connectivity index is 1.85. The number of aliphatic imine (C=N–C) groups is 1. The van der Waals surface area contributed by atoms with Gasteiger partial charge in [-0.25, -0.2) is 0 Å². The molecule has 2 aromatic carbocycles. The van der Waals surface area contributed by atoms with Crippen LogP contribution in [0.3, 0.4) is 0 Å². The Bertz CT molecular complexity index is 720. The van der Waals surface area contributed by atoms with Crippen LogP contribution in [0.5, 0.6) is 0 Å². The Morgan fingerprint density at radius 1 is 0.842 bits per heavy atom. The zero-order chi connectivity index (χ0) is 12.7. The van der Waals surface area contributed by atoms with Crippen molar-refractivity contribution in [1.82, 2.24) is 0 Å². The third-order valence-corrected chi connectivity index (χ3v) is 3.73. The van der Waals surface area contributed by atoms with Gasteiger partial charge in [-0.1, -0.05) is 66.8 Å². The average Bonchev–Trinajstić information content (AvgIpc) is 2.87. The van der Waals surface area contributed by atoms with E-state index in [1.54, 1.807) is 0 Å². The van der Waals surface area contributed by atoms with Crippen molar-refractivity contribution in [3.05, 3.63) is 84.0 Å². The first-order valence-electron chi connectivity index (χ1n) is 6.55. The summed E-state index contributed by atoms with van der Waals surface area (Å²) in [6.45, 7) is 0. The molecule has 2 aliphatic rings. The van der Waals surface area contributed by atoms with E-state index in [-0.39, 0.29) is 5.92 Å². The summed E-state index contributed by atoms with van der Waals surface area (Å²) >= 11 is 0. The number of hydrogen-bond acceptors (Lipinski definition) is 1. The minimum atomic E-state index is 0.272. The first-order valence-corrected chi connectivity index (χ1v) is 6.55. The van der Waals surface area contributed by atoms with Crippen molar-refractivity contribution in [2.45, 2.75) is 5.92 Å². The van der Waals surface area contributed by atoms with Crippen LogP contribution in [0.25, 0.3) is 5.57 Å². The normalized spacial score (nSPS) is 19.5. The van der Waals surface area contributed by atoms with Gasteiger partial charge in [0.15, 0.2) is 0 Å². The Morgan fingerprint density at radius 2 is 1.63 bits per heavy atom. The molecule has 1 aliphatic heterocycles. The highest BCUT2D eigenvalue weighted by Gasteiger charge is 2.28. The third-order valence-electron chi connectivity index (χ3n) is 3.73. The van der Waals surface area contributed by atoms with Gasteiger partial charge in [0.2, 0.25) is 0 Å². The molecule has 0 amide bonds. The van der Waals surface area contributed by atoms with E-state index in [2.05, 4.69) is 66.8 Å². The first-order chi connectivity index (χ1) is 9.43. The van der Waals surface area contributed by atoms with Crippen molar-refractivity contribution in [1.29, 1.82) is 0 Å². The summed E-state index contributed by atoms with van der Waals surface area (Å²) < 4.78 is 0. The molecule has 90 valence electrons. The molecular weight excluding hydrogens is 230 g/mol. The lowest BCUT2D eigenvalue weighted by atomic mass is 9.85. The van der Waals surface area contributed by atoms with Crippen molar-refractivity contribution in [2.24, 2.45) is 4.99 Å². The SMILES string of the molecule is C1=CC(c2ccccc2)C2=Nc3ccccc3C2=C1. The van der Waals surface area contributed by atoms with Gasteiger partial charge in [0.05, 0.1) is 11.4 Å². The number of fused-ring (bicyclic) bond motifs is 3. The molecule has 4 rings (SSSR count). The van der Waals surface area contributed by atoms with Gasteiger partial charge in [0.1, 0.15) is 0 Å². The molecule has 19 heavy (non-hydrogen) atoms. The van der Waals surface area contributed by atoms with E-state index in [9.17, 15) is 0 Å². The molecule has 1 atom stereocenters. The van der Waals surface area contributed by atoms with Crippen LogP contribution in [0, 0.1) is 0 Å². The smallest absolute Gasteiger partial charge is 0.0712 e. The molecule has 1 heteroatoms. The fourth-order valence-corrected chi connectivity index (χ4v) is 2.82. The van der Waals surface area contributed by atoms with Gasteiger partial charge in [0, 0.05) is 17.1 Å². The highest BCUT2D eigenvalue weighted by atomic mass is 14.8. The predicted octanol–water partition coefficient (Wildman–Crippen LogP) is 4.51. The van der Waals surface area contributed by atoms with Crippen LogP contribution >= 0.6 is 0 Å². The van der Waals surface area contributed by atoms with Crippen LogP contribution in [0.2, 0.25) is 0 Å². The molecule has 0 bridgehead atoms. The maximum Gasteiger partial charge on any atom is 0.0712 e. The fourth-order valence-electron chi connectivity index (χ4n) is 2.82. The maximum atomic E-state index is 4.83. The summed E-state index contributed by atoms with van der Waals surface area (Å²) in [6, 6.07) is 18.9. The Hall–Kier alpha value is -2.41. The summed E-state index contributed by atoms with van der Waals surface area (Å²) in [7, 11) is 0. The molecule has 0 aromatic heterocycles. The number of para-hydroxylation sites is 1. The van der Waals surface area contributed by atoms with Crippen molar-refractivity contribution >= 4 is 17.0 Å². The third kappa shape index (κ3) is 1.59.